The number of H-pyrrole nitrogens is 1. The lowest BCUT2D eigenvalue weighted by Gasteiger charge is -2.14. The van der Waals surface area contributed by atoms with E-state index in [0.29, 0.717) is 21.5 Å². The summed E-state index contributed by atoms with van der Waals surface area (Å²) in [6, 6.07) is 9.49. The van der Waals surface area contributed by atoms with E-state index in [0.717, 1.165) is 17.8 Å². The Kier molecular flexibility index (Phi) is 6.25. The molecule has 0 aliphatic rings. The van der Waals surface area contributed by atoms with E-state index in [1.807, 2.05) is 0 Å². The lowest BCUT2D eigenvalue weighted by Crippen LogP contribution is -2.41. The van der Waals surface area contributed by atoms with E-state index < -0.39 is 28.8 Å². The van der Waals surface area contributed by atoms with Gasteiger partial charge in [0.1, 0.15) is 6.04 Å². The van der Waals surface area contributed by atoms with Crippen molar-refractivity contribution in [3.8, 4) is 0 Å². The summed E-state index contributed by atoms with van der Waals surface area (Å²) in [6.07, 6.45) is -0.0533. The lowest BCUT2D eigenvalue weighted by molar-refractivity contribution is -0.387. The summed E-state index contributed by atoms with van der Waals surface area (Å²) in [7, 11) is 0. The van der Waals surface area contributed by atoms with Crippen LogP contribution in [0.1, 0.15) is 22.8 Å². The molecule has 0 bridgehead atoms. The second-order valence-corrected chi connectivity index (χ2v) is 7.67. The Balaban J connectivity index is 2.08. The third kappa shape index (κ3) is 4.83. The number of fused-ring (bicyclic) bond motifs is 1. The highest BCUT2D eigenvalue weighted by Gasteiger charge is 2.25. The van der Waals surface area contributed by atoms with Gasteiger partial charge in [-0.3, -0.25) is 14.9 Å². The van der Waals surface area contributed by atoms with E-state index in [4.69, 9.17) is 5.11 Å². The van der Waals surface area contributed by atoms with Gasteiger partial charge in [-0.2, -0.15) is 0 Å². The fourth-order valence-corrected chi connectivity index (χ4v) is 4.18. The molecule has 1 aromatic heterocycles. The smallest absolute Gasteiger partial charge is 0.335 e. The van der Waals surface area contributed by atoms with Crippen LogP contribution in [0.2, 0.25) is 0 Å². The third-order valence-corrected chi connectivity index (χ3v) is 5.59. The number of nitro benzene ring substituents is 1. The second kappa shape index (κ2) is 8.88. The van der Waals surface area contributed by atoms with Crippen LogP contribution in [0.4, 0.5) is 5.69 Å². The number of hydrogen-bond acceptors (Lipinski definition) is 6. The lowest BCUT2D eigenvalue weighted by atomic mass is 10.0. The molecule has 4 N–H and O–H groups in total. The van der Waals surface area contributed by atoms with Gasteiger partial charge in [0.15, 0.2) is 0 Å². The molecule has 0 unspecified atom stereocenters. The topological polar surface area (TPSA) is 163 Å². The molecule has 0 aliphatic carbocycles. The standard InChI is InChI=1S/C20H17N3O7S/c1-10(24)21-15(20(27)28)9-13-12-4-2-3-5-14(12)22-18(13)31-17-7-6-11(19(25)26)8-16(17)23(29)30/h2-8,15,22H,9H2,1H3,(H,21,24)(H,25,26)(H,27,28)/t15-/m0/s1. The molecule has 10 nitrogen and oxygen atoms in total. The van der Waals surface area contributed by atoms with Crippen molar-refractivity contribution in [1.29, 1.82) is 0 Å². The molecule has 1 atom stereocenters. The van der Waals surface area contributed by atoms with Gasteiger partial charge in [0.25, 0.3) is 5.69 Å². The van der Waals surface area contributed by atoms with Crippen LogP contribution in [0, 0.1) is 10.1 Å². The highest BCUT2D eigenvalue weighted by atomic mass is 32.2. The van der Waals surface area contributed by atoms with Crippen molar-refractivity contribution >= 4 is 46.2 Å². The number of para-hydroxylation sites is 1. The molecule has 11 heteroatoms. The summed E-state index contributed by atoms with van der Waals surface area (Å²) in [5.74, 6) is -3.00. The number of carbonyl (C=O) groups is 3. The van der Waals surface area contributed by atoms with Gasteiger partial charge in [-0.05, 0) is 23.8 Å². The van der Waals surface area contributed by atoms with Crippen LogP contribution in [-0.2, 0) is 16.0 Å². The van der Waals surface area contributed by atoms with Crippen LogP contribution < -0.4 is 5.32 Å². The number of benzene rings is 2. The maximum atomic E-state index is 11.6. The molecule has 0 saturated heterocycles. The molecule has 3 aromatic rings. The van der Waals surface area contributed by atoms with E-state index in [-0.39, 0.29) is 22.6 Å². The number of hydrogen-bond donors (Lipinski definition) is 4. The average molecular weight is 443 g/mol. The number of carbonyl (C=O) groups excluding carboxylic acids is 1. The summed E-state index contributed by atoms with van der Waals surface area (Å²) in [4.78, 5) is 48.4. The fraction of sp³-hybridized carbons (Fsp3) is 0.150. The molecule has 3 rings (SSSR count). The monoisotopic (exact) mass is 443 g/mol. The molecule has 1 amide bonds. The summed E-state index contributed by atoms with van der Waals surface area (Å²) in [5.41, 5.74) is 0.658. The number of aliphatic carboxylic acids is 1. The first-order valence-corrected chi connectivity index (χ1v) is 9.78. The van der Waals surface area contributed by atoms with Gasteiger partial charge in [0.05, 0.1) is 20.4 Å². The number of nitrogens with zero attached hydrogens (tertiary/aromatic N) is 1. The van der Waals surface area contributed by atoms with Crippen molar-refractivity contribution in [2.75, 3.05) is 0 Å². The summed E-state index contributed by atoms with van der Waals surface area (Å²) < 4.78 is 0. The fourth-order valence-electron chi connectivity index (χ4n) is 3.10. The molecule has 0 fully saturated rings. The Morgan fingerprint density at radius 3 is 2.52 bits per heavy atom. The number of aromatic carboxylic acids is 1. The molecule has 0 radical (unpaired) electrons. The van der Waals surface area contributed by atoms with Gasteiger partial charge in [-0.25, -0.2) is 9.59 Å². The molecule has 160 valence electrons. The van der Waals surface area contributed by atoms with Crippen molar-refractivity contribution in [1.82, 2.24) is 10.3 Å². The number of nitrogens with one attached hydrogen (secondary N) is 2. The Labute approximate surface area is 179 Å². The summed E-state index contributed by atoms with van der Waals surface area (Å²) in [5, 5.41) is 33.7. The van der Waals surface area contributed by atoms with Crippen molar-refractivity contribution in [2.24, 2.45) is 0 Å². The van der Waals surface area contributed by atoms with Crippen LogP contribution in [0.5, 0.6) is 0 Å². The van der Waals surface area contributed by atoms with E-state index >= 15 is 0 Å². The molecule has 0 saturated carbocycles. The molecule has 0 spiro atoms. The SMILES string of the molecule is CC(=O)N[C@@H](Cc1c(Sc2ccc(C(=O)O)cc2[N+](=O)[O-])[nH]c2ccccc12)C(=O)O. The van der Waals surface area contributed by atoms with E-state index in [1.54, 1.807) is 24.3 Å². The van der Waals surface area contributed by atoms with Crippen molar-refractivity contribution in [2.45, 2.75) is 29.3 Å². The van der Waals surface area contributed by atoms with Crippen LogP contribution in [-0.4, -0.2) is 44.0 Å². The van der Waals surface area contributed by atoms with Gasteiger partial charge in [-0.15, -0.1) is 0 Å². The molecular formula is C20H17N3O7S. The second-order valence-electron chi connectivity index (χ2n) is 6.62. The highest BCUT2D eigenvalue weighted by molar-refractivity contribution is 7.99. The number of amides is 1. The zero-order valence-electron chi connectivity index (χ0n) is 16.1. The highest BCUT2D eigenvalue weighted by Crippen LogP contribution is 2.39. The van der Waals surface area contributed by atoms with E-state index in [1.165, 1.54) is 19.1 Å². The molecule has 31 heavy (non-hydrogen) atoms. The van der Waals surface area contributed by atoms with Gasteiger partial charge < -0.3 is 20.5 Å². The normalized spacial score (nSPS) is 11.8. The first-order chi connectivity index (χ1) is 14.7. The van der Waals surface area contributed by atoms with E-state index in [9.17, 15) is 29.6 Å². The number of carboxylic acid groups (broad SMARTS) is 2. The predicted octanol–water partition coefficient (Wildman–Crippen LogP) is 3.06. The van der Waals surface area contributed by atoms with Gasteiger partial charge in [0.2, 0.25) is 5.91 Å². The number of carboxylic acids is 2. The van der Waals surface area contributed by atoms with Crippen molar-refractivity contribution in [3.05, 3.63) is 63.7 Å². The first kappa shape index (κ1) is 21.8. The minimum atomic E-state index is -1.29. The Bertz CT molecular complexity index is 1200. The van der Waals surface area contributed by atoms with Crippen LogP contribution in [0.3, 0.4) is 0 Å². The number of aromatic amines is 1. The first-order valence-electron chi connectivity index (χ1n) is 8.96. The quantitative estimate of drug-likeness (QED) is 0.305. The maximum Gasteiger partial charge on any atom is 0.335 e. The van der Waals surface area contributed by atoms with Crippen LogP contribution in [0.15, 0.2) is 52.4 Å². The van der Waals surface area contributed by atoms with Crippen LogP contribution in [0.25, 0.3) is 10.9 Å². The van der Waals surface area contributed by atoms with Gasteiger partial charge in [0, 0.05) is 30.3 Å². The molecule has 0 aliphatic heterocycles. The van der Waals surface area contributed by atoms with Crippen molar-refractivity contribution in [3.63, 3.8) is 0 Å². The number of nitro groups is 1. The largest absolute Gasteiger partial charge is 0.480 e. The van der Waals surface area contributed by atoms with Gasteiger partial charge in [-0.1, -0.05) is 30.0 Å². The summed E-state index contributed by atoms with van der Waals surface area (Å²) in [6.45, 7) is 1.22. The van der Waals surface area contributed by atoms with Gasteiger partial charge >= 0.3 is 11.9 Å². The zero-order valence-corrected chi connectivity index (χ0v) is 16.9. The maximum absolute atomic E-state index is 11.6. The minimum absolute atomic E-state index is 0.0533. The summed E-state index contributed by atoms with van der Waals surface area (Å²) >= 11 is 0.992. The minimum Gasteiger partial charge on any atom is -0.480 e. The molecular weight excluding hydrogens is 426 g/mol. The van der Waals surface area contributed by atoms with E-state index in [2.05, 4.69) is 10.3 Å². The average Bonchev–Trinajstić information content (AvgIpc) is 3.04. The Morgan fingerprint density at radius 2 is 1.90 bits per heavy atom. The third-order valence-electron chi connectivity index (χ3n) is 4.47. The van der Waals surface area contributed by atoms with Crippen LogP contribution >= 0.6 is 11.8 Å². The zero-order chi connectivity index (χ0) is 22.7. The number of rotatable bonds is 8. The Hall–Kier alpha value is -3.86. The predicted molar refractivity (Wildman–Crippen MR) is 111 cm³/mol. The molecule has 2 aromatic carbocycles. The van der Waals surface area contributed by atoms with Crippen molar-refractivity contribution < 1.29 is 29.5 Å². The Morgan fingerprint density at radius 1 is 1.19 bits per heavy atom. The number of aromatic nitrogens is 1. The molecule has 1 heterocycles.